The number of piperidine rings is 1. The monoisotopic (exact) mass is 403 g/mol. The highest BCUT2D eigenvalue weighted by atomic mass is 16.5. The van der Waals surface area contributed by atoms with E-state index >= 15 is 0 Å². The predicted molar refractivity (Wildman–Crippen MR) is 111 cm³/mol. The van der Waals surface area contributed by atoms with Gasteiger partial charge >= 0.3 is 0 Å². The first-order chi connectivity index (χ1) is 13.9. The van der Waals surface area contributed by atoms with Crippen molar-refractivity contribution in [2.75, 3.05) is 54.5 Å². The SMILES string of the molecule is COc1ccc(C2CCCN2C(=O)CN2CCCC(C(=O)N(C)C)C2)c(OC)c1. The van der Waals surface area contributed by atoms with Crippen molar-refractivity contribution >= 4 is 11.8 Å². The zero-order valence-electron chi connectivity index (χ0n) is 18.0. The molecule has 2 amide bonds. The molecule has 29 heavy (non-hydrogen) atoms. The number of hydrogen-bond donors (Lipinski definition) is 0. The van der Waals surface area contributed by atoms with E-state index in [1.807, 2.05) is 23.1 Å². The van der Waals surface area contributed by atoms with Crippen molar-refractivity contribution in [1.29, 1.82) is 0 Å². The standard InChI is InChI=1S/C22H33N3O4/c1-23(2)22(27)16-7-5-11-24(14-16)15-21(26)25-12-6-8-19(25)18-10-9-17(28-3)13-20(18)29-4/h9-10,13,16,19H,5-8,11-12,14-15H2,1-4H3. The van der Waals surface area contributed by atoms with Crippen LogP contribution in [0.15, 0.2) is 18.2 Å². The number of benzene rings is 1. The molecule has 2 fully saturated rings. The molecule has 2 aliphatic rings. The van der Waals surface area contributed by atoms with Crippen molar-refractivity contribution in [2.45, 2.75) is 31.7 Å². The fourth-order valence-electron chi connectivity index (χ4n) is 4.53. The molecule has 1 aromatic carbocycles. The maximum atomic E-state index is 13.2. The maximum Gasteiger partial charge on any atom is 0.237 e. The van der Waals surface area contributed by atoms with Crippen molar-refractivity contribution in [1.82, 2.24) is 14.7 Å². The zero-order chi connectivity index (χ0) is 21.0. The number of amides is 2. The van der Waals surface area contributed by atoms with Gasteiger partial charge in [-0.25, -0.2) is 0 Å². The lowest BCUT2D eigenvalue weighted by Crippen LogP contribution is -2.47. The topological polar surface area (TPSA) is 62.3 Å². The summed E-state index contributed by atoms with van der Waals surface area (Å²) in [5, 5.41) is 0. The molecule has 0 bridgehead atoms. The Labute approximate surface area is 173 Å². The van der Waals surface area contributed by atoms with Crippen LogP contribution >= 0.6 is 0 Å². The van der Waals surface area contributed by atoms with E-state index in [9.17, 15) is 9.59 Å². The Morgan fingerprint density at radius 3 is 2.55 bits per heavy atom. The summed E-state index contributed by atoms with van der Waals surface area (Å²) >= 11 is 0. The van der Waals surface area contributed by atoms with Crippen molar-refractivity contribution in [2.24, 2.45) is 5.92 Å². The van der Waals surface area contributed by atoms with Crippen molar-refractivity contribution < 1.29 is 19.1 Å². The molecule has 0 saturated carbocycles. The van der Waals surface area contributed by atoms with E-state index in [0.717, 1.165) is 55.8 Å². The molecule has 0 N–H and O–H groups in total. The summed E-state index contributed by atoms with van der Waals surface area (Å²) in [5.41, 5.74) is 1.03. The minimum absolute atomic E-state index is 0.0115. The van der Waals surface area contributed by atoms with E-state index in [0.29, 0.717) is 13.1 Å². The van der Waals surface area contributed by atoms with Crippen LogP contribution in [0.3, 0.4) is 0 Å². The van der Waals surface area contributed by atoms with Crippen LogP contribution in [-0.2, 0) is 9.59 Å². The van der Waals surface area contributed by atoms with Gasteiger partial charge in [0.15, 0.2) is 0 Å². The van der Waals surface area contributed by atoms with E-state index in [1.54, 1.807) is 33.2 Å². The Balaban J connectivity index is 1.68. The summed E-state index contributed by atoms with van der Waals surface area (Å²) in [7, 11) is 6.87. The molecule has 160 valence electrons. The smallest absolute Gasteiger partial charge is 0.237 e. The van der Waals surface area contributed by atoms with E-state index in [1.165, 1.54) is 0 Å². The van der Waals surface area contributed by atoms with Crippen LogP contribution in [0.4, 0.5) is 0 Å². The molecule has 2 unspecified atom stereocenters. The Hall–Kier alpha value is -2.28. The molecule has 2 saturated heterocycles. The van der Waals surface area contributed by atoms with E-state index in [-0.39, 0.29) is 23.8 Å². The van der Waals surface area contributed by atoms with Gasteiger partial charge in [-0.3, -0.25) is 14.5 Å². The number of carbonyl (C=O) groups excluding carboxylic acids is 2. The lowest BCUT2D eigenvalue weighted by atomic mass is 9.96. The van der Waals surface area contributed by atoms with Gasteiger partial charge in [-0.2, -0.15) is 0 Å². The summed E-state index contributed by atoms with van der Waals surface area (Å²) in [6, 6.07) is 5.81. The van der Waals surface area contributed by atoms with E-state index in [2.05, 4.69) is 4.90 Å². The highest BCUT2D eigenvalue weighted by molar-refractivity contribution is 5.80. The second-order valence-corrected chi connectivity index (χ2v) is 8.16. The van der Waals surface area contributed by atoms with Gasteiger partial charge in [0, 0.05) is 38.8 Å². The fourth-order valence-corrected chi connectivity index (χ4v) is 4.53. The minimum atomic E-state index is -0.0115. The minimum Gasteiger partial charge on any atom is -0.497 e. The summed E-state index contributed by atoms with van der Waals surface area (Å²) < 4.78 is 10.9. The third kappa shape index (κ3) is 4.83. The number of carbonyl (C=O) groups is 2. The molecule has 0 aliphatic carbocycles. The lowest BCUT2D eigenvalue weighted by molar-refractivity contribution is -0.138. The molecule has 2 atom stereocenters. The maximum absolute atomic E-state index is 13.2. The van der Waals surface area contributed by atoms with Gasteiger partial charge in [-0.1, -0.05) is 0 Å². The molecule has 2 aliphatic heterocycles. The number of rotatable bonds is 6. The van der Waals surface area contributed by atoms with Crippen LogP contribution in [0.25, 0.3) is 0 Å². The van der Waals surface area contributed by atoms with Crippen molar-refractivity contribution in [3.63, 3.8) is 0 Å². The van der Waals surface area contributed by atoms with Crippen LogP contribution in [0.5, 0.6) is 11.5 Å². The van der Waals surface area contributed by atoms with Crippen LogP contribution in [0.2, 0.25) is 0 Å². The number of hydrogen-bond acceptors (Lipinski definition) is 5. The normalized spacial score (nSPS) is 22.4. The molecular formula is C22H33N3O4. The highest BCUT2D eigenvalue weighted by Crippen LogP contribution is 2.38. The molecule has 7 heteroatoms. The molecule has 7 nitrogen and oxygen atoms in total. The van der Waals surface area contributed by atoms with Crippen molar-refractivity contribution in [3.05, 3.63) is 23.8 Å². The molecule has 0 radical (unpaired) electrons. The molecule has 0 aromatic heterocycles. The largest absolute Gasteiger partial charge is 0.497 e. The molecule has 3 rings (SSSR count). The zero-order valence-corrected chi connectivity index (χ0v) is 18.0. The van der Waals surface area contributed by atoms with Gasteiger partial charge in [0.1, 0.15) is 11.5 Å². The van der Waals surface area contributed by atoms with Crippen LogP contribution in [0.1, 0.15) is 37.3 Å². The Bertz CT molecular complexity index is 737. The Morgan fingerprint density at radius 1 is 1.10 bits per heavy atom. The first-order valence-corrected chi connectivity index (χ1v) is 10.4. The van der Waals surface area contributed by atoms with Crippen LogP contribution in [-0.4, -0.2) is 81.0 Å². The number of methoxy groups -OCH3 is 2. The number of ether oxygens (including phenoxy) is 2. The van der Waals surface area contributed by atoms with Crippen LogP contribution < -0.4 is 9.47 Å². The molecule has 0 spiro atoms. The average Bonchev–Trinajstić information content (AvgIpc) is 3.22. The Morgan fingerprint density at radius 2 is 1.86 bits per heavy atom. The summed E-state index contributed by atoms with van der Waals surface area (Å²) in [6.45, 7) is 2.65. The molecule has 2 heterocycles. The van der Waals surface area contributed by atoms with Gasteiger partial charge in [0.05, 0.1) is 32.7 Å². The third-order valence-corrected chi connectivity index (χ3v) is 6.03. The first-order valence-electron chi connectivity index (χ1n) is 10.4. The fraction of sp³-hybridized carbons (Fsp3) is 0.636. The Kier molecular flexibility index (Phi) is 7.00. The molecule has 1 aromatic rings. The third-order valence-electron chi connectivity index (χ3n) is 6.03. The van der Waals surface area contributed by atoms with E-state index in [4.69, 9.17) is 9.47 Å². The van der Waals surface area contributed by atoms with Gasteiger partial charge in [0.25, 0.3) is 0 Å². The highest BCUT2D eigenvalue weighted by Gasteiger charge is 2.34. The number of likely N-dealkylation sites (tertiary alicyclic amines) is 2. The predicted octanol–water partition coefficient (Wildman–Crippen LogP) is 2.17. The summed E-state index contributed by atoms with van der Waals surface area (Å²) in [6.07, 6.45) is 3.76. The first kappa shape index (κ1) is 21.4. The molecular weight excluding hydrogens is 370 g/mol. The summed E-state index contributed by atoms with van der Waals surface area (Å²) in [5.74, 6) is 1.77. The van der Waals surface area contributed by atoms with Gasteiger partial charge < -0.3 is 19.3 Å². The second-order valence-electron chi connectivity index (χ2n) is 8.16. The quantitative estimate of drug-likeness (QED) is 0.729. The van der Waals surface area contributed by atoms with Gasteiger partial charge in [-0.05, 0) is 44.4 Å². The van der Waals surface area contributed by atoms with Crippen LogP contribution in [0, 0.1) is 5.92 Å². The average molecular weight is 404 g/mol. The summed E-state index contributed by atoms with van der Waals surface area (Å²) in [4.78, 5) is 31.2. The lowest BCUT2D eigenvalue weighted by Gasteiger charge is -2.34. The second kappa shape index (κ2) is 9.48. The van der Waals surface area contributed by atoms with Gasteiger partial charge in [0.2, 0.25) is 11.8 Å². The van der Waals surface area contributed by atoms with Crippen molar-refractivity contribution in [3.8, 4) is 11.5 Å². The van der Waals surface area contributed by atoms with E-state index < -0.39 is 0 Å². The van der Waals surface area contributed by atoms with Gasteiger partial charge in [-0.15, -0.1) is 0 Å². The number of nitrogens with zero attached hydrogens (tertiary/aromatic N) is 3.